The van der Waals surface area contributed by atoms with E-state index in [4.69, 9.17) is 4.74 Å². The maximum absolute atomic E-state index is 11.6. The van der Waals surface area contributed by atoms with Crippen molar-refractivity contribution >= 4 is 26.1 Å². The van der Waals surface area contributed by atoms with Crippen LogP contribution in [0.25, 0.3) is 0 Å². The van der Waals surface area contributed by atoms with Crippen molar-refractivity contribution in [2.45, 2.75) is 38.5 Å². The molecule has 0 aromatic carbocycles. The van der Waals surface area contributed by atoms with Crippen molar-refractivity contribution < 1.29 is 26.4 Å². The van der Waals surface area contributed by atoms with Crippen LogP contribution in [0.15, 0.2) is 0 Å². The van der Waals surface area contributed by atoms with Crippen molar-refractivity contribution in [1.82, 2.24) is 18.8 Å². The first-order valence-corrected chi connectivity index (χ1v) is 12.3. The molecule has 2 rings (SSSR count). The van der Waals surface area contributed by atoms with Gasteiger partial charge in [-0.2, -0.15) is 8.61 Å². The molecule has 2 saturated heterocycles. The molecule has 0 bridgehead atoms. The zero-order chi connectivity index (χ0) is 21.2. The molecule has 10 nitrogen and oxygen atoms in total. The van der Waals surface area contributed by atoms with Crippen LogP contribution in [0.5, 0.6) is 0 Å². The molecule has 2 aliphatic rings. The molecule has 0 spiro atoms. The molecule has 0 aliphatic carbocycles. The first-order valence-electron chi connectivity index (χ1n) is 8.57. The number of hydrogen-bond donors (Lipinski definition) is 1. The Kier molecular flexibility index (Phi) is 7.67. The molecule has 2 fully saturated rings. The molecule has 27 heavy (non-hydrogen) atoms. The summed E-state index contributed by atoms with van der Waals surface area (Å²) in [5, 5.41) is 3.01. The number of likely N-dealkylation sites (N-methyl/N-ethyl adjacent to an activating group) is 2. The highest BCUT2D eigenvalue weighted by molar-refractivity contribution is 7.88. The van der Waals surface area contributed by atoms with Crippen LogP contribution in [-0.4, -0.2) is 107 Å². The van der Waals surface area contributed by atoms with Gasteiger partial charge in [0.25, 0.3) is 0 Å². The topological polar surface area (TPSA) is 116 Å². The number of nitrogens with one attached hydrogen (secondary N) is 1. The third kappa shape index (κ3) is 7.53. The molecule has 0 atom stereocenters. The largest absolute Gasteiger partial charge is 0.444 e. The molecule has 1 N–H and O–H groups in total. The van der Waals surface area contributed by atoms with Crippen LogP contribution in [0, 0.1) is 0 Å². The minimum absolute atomic E-state index is 0.141. The lowest BCUT2D eigenvalue weighted by Gasteiger charge is -2.42. The predicted octanol–water partition coefficient (Wildman–Crippen LogP) is -0.653. The van der Waals surface area contributed by atoms with Gasteiger partial charge in [0.1, 0.15) is 5.60 Å². The quantitative estimate of drug-likeness (QED) is 0.632. The highest BCUT2D eigenvalue weighted by Crippen LogP contribution is 2.19. The number of rotatable bonds is 4. The van der Waals surface area contributed by atoms with Crippen LogP contribution in [0.2, 0.25) is 0 Å². The third-order valence-electron chi connectivity index (χ3n) is 4.35. The van der Waals surface area contributed by atoms with Crippen LogP contribution in [-0.2, 0) is 24.8 Å². The predicted molar refractivity (Wildman–Crippen MR) is 103 cm³/mol. The van der Waals surface area contributed by atoms with E-state index in [0.717, 1.165) is 19.3 Å². The van der Waals surface area contributed by atoms with Gasteiger partial charge in [-0.1, -0.05) is 0 Å². The summed E-state index contributed by atoms with van der Waals surface area (Å²) in [6.45, 7) is 7.73. The third-order valence-corrected chi connectivity index (χ3v) is 7.04. The molecule has 2 heterocycles. The lowest BCUT2D eigenvalue weighted by molar-refractivity contribution is -0.00128. The van der Waals surface area contributed by atoms with Gasteiger partial charge in [-0.05, 0) is 20.8 Å². The van der Waals surface area contributed by atoms with Gasteiger partial charge in [-0.25, -0.2) is 21.6 Å². The van der Waals surface area contributed by atoms with Crippen molar-refractivity contribution in [3.63, 3.8) is 0 Å². The summed E-state index contributed by atoms with van der Waals surface area (Å²) in [5.74, 6) is 0. The molecule has 0 radical (unpaired) electrons. The Labute approximate surface area is 162 Å². The Morgan fingerprint density at radius 2 is 1.37 bits per heavy atom. The van der Waals surface area contributed by atoms with E-state index < -0.39 is 31.7 Å². The van der Waals surface area contributed by atoms with E-state index >= 15 is 0 Å². The van der Waals surface area contributed by atoms with E-state index in [2.05, 4.69) is 5.32 Å². The molecule has 0 unspecified atom stereocenters. The zero-order valence-electron chi connectivity index (χ0n) is 17.1. The summed E-state index contributed by atoms with van der Waals surface area (Å²) in [6.07, 6.45) is 1.99. The summed E-state index contributed by atoms with van der Waals surface area (Å²) in [4.78, 5) is 13.1. The standard InChI is InChI=1S/C10H20N2O4S.C5H12N2O2S/c1-10(2,3)16-9(13)12-6-8(7-12)11(4)17(5,14)15;1-7(10(2,8)9)5-3-6-4-5/h8H,6-7H2,1-5H3;5-6H,3-4H2,1-2H3. The zero-order valence-corrected chi connectivity index (χ0v) is 18.7. The molecule has 160 valence electrons. The van der Waals surface area contributed by atoms with Crippen LogP contribution in [0.1, 0.15) is 20.8 Å². The molecule has 0 aromatic heterocycles. The van der Waals surface area contributed by atoms with Crippen LogP contribution >= 0.6 is 0 Å². The smallest absolute Gasteiger partial charge is 0.410 e. The Balaban J connectivity index is 0.000000309. The lowest BCUT2D eigenvalue weighted by Crippen LogP contribution is -2.61. The molecule has 1 amide bonds. The van der Waals surface area contributed by atoms with Crippen molar-refractivity contribution in [1.29, 1.82) is 0 Å². The highest BCUT2D eigenvalue weighted by Gasteiger charge is 2.38. The fraction of sp³-hybridized carbons (Fsp3) is 0.933. The van der Waals surface area contributed by atoms with Gasteiger partial charge in [0.05, 0.1) is 18.6 Å². The molecule has 12 heteroatoms. The van der Waals surface area contributed by atoms with Gasteiger partial charge in [0.15, 0.2) is 0 Å². The summed E-state index contributed by atoms with van der Waals surface area (Å²) < 4.78 is 52.1. The minimum Gasteiger partial charge on any atom is -0.444 e. The Bertz CT molecular complexity index is 722. The lowest BCUT2D eigenvalue weighted by atomic mass is 10.1. The maximum atomic E-state index is 11.6. The SMILES string of the molecule is CN(C1CN(C(=O)OC(C)(C)C)C1)S(C)(=O)=O.CN(C1CNC1)S(C)(=O)=O. The number of carbonyl (C=O) groups excluding carboxylic acids is 1. The van der Waals surface area contributed by atoms with E-state index in [9.17, 15) is 21.6 Å². The summed E-state index contributed by atoms with van der Waals surface area (Å²) >= 11 is 0. The average molecular weight is 429 g/mol. The average Bonchev–Trinajstić information content (AvgIpc) is 2.30. The van der Waals surface area contributed by atoms with E-state index in [0.29, 0.717) is 13.1 Å². The number of amides is 1. The van der Waals surface area contributed by atoms with E-state index in [1.165, 1.54) is 26.8 Å². The number of hydrogen-bond acceptors (Lipinski definition) is 7. The first kappa shape index (κ1) is 24.1. The molecular weight excluding hydrogens is 396 g/mol. The molecule has 2 aliphatic heterocycles. The van der Waals surface area contributed by atoms with Crippen molar-refractivity contribution in [3.8, 4) is 0 Å². The number of nitrogens with zero attached hydrogens (tertiary/aromatic N) is 3. The summed E-state index contributed by atoms with van der Waals surface area (Å²) in [6, 6.07) is 0.0347. The second-order valence-corrected chi connectivity index (χ2v) is 12.0. The number of likely N-dealkylation sites (tertiary alicyclic amines) is 1. The van der Waals surface area contributed by atoms with Gasteiger partial charge < -0.3 is 15.0 Å². The van der Waals surface area contributed by atoms with Crippen LogP contribution in [0.3, 0.4) is 0 Å². The first-order chi connectivity index (χ1) is 12.0. The van der Waals surface area contributed by atoms with Crippen molar-refractivity contribution in [2.75, 3.05) is 52.8 Å². The monoisotopic (exact) mass is 428 g/mol. The van der Waals surface area contributed by atoms with Crippen molar-refractivity contribution in [3.05, 3.63) is 0 Å². The van der Waals surface area contributed by atoms with Gasteiger partial charge in [-0.3, -0.25) is 0 Å². The van der Waals surface area contributed by atoms with Gasteiger partial charge in [0, 0.05) is 46.3 Å². The molecule has 0 aromatic rings. The Morgan fingerprint density at radius 3 is 1.63 bits per heavy atom. The molecule has 0 saturated carbocycles. The summed E-state index contributed by atoms with van der Waals surface area (Å²) in [5.41, 5.74) is -0.523. The van der Waals surface area contributed by atoms with Crippen molar-refractivity contribution in [2.24, 2.45) is 0 Å². The fourth-order valence-electron chi connectivity index (χ4n) is 2.23. The number of sulfonamides is 2. The van der Waals surface area contributed by atoms with E-state index in [1.807, 2.05) is 0 Å². The molecular formula is C15H32N4O6S2. The second-order valence-electron chi connectivity index (χ2n) is 7.91. The number of carbonyl (C=O) groups is 1. The van der Waals surface area contributed by atoms with Gasteiger partial charge in [-0.15, -0.1) is 0 Å². The minimum atomic E-state index is -3.19. The van der Waals surface area contributed by atoms with Gasteiger partial charge >= 0.3 is 6.09 Å². The highest BCUT2D eigenvalue weighted by atomic mass is 32.2. The summed E-state index contributed by atoms with van der Waals surface area (Å²) in [7, 11) is -3.03. The van der Waals surface area contributed by atoms with Gasteiger partial charge in [0.2, 0.25) is 20.0 Å². The fourth-order valence-corrected chi connectivity index (χ4v) is 3.60. The Morgan fingerprint density at radius 1 is 0.963 bits per heavy atom. The Hall–Kier alpha value is -0.950. The second kappa shape index (κ2) is 8.60. The maximum Gasteiger partial charge on any atom is 0.410 e. The number of ether oxygens (including phenoxy) is 1. The van der Waals surface area contributed by atoms with Crippen LogP contribution < -0.4 is 5.32 Å². The van der Waals surface area contributed by atoms with Crippen LogP contribution in [0.4, 0.5) is 4.79 Å². The van der Waals surface area contributed by atoms with E-state index in [1.54, 1.807) is 27.8 Å². The van der Waals surface area contributed by atoms with E-state index in [-0.39, 0.29) is 12.1 Å². The normalized spacial score (nSPS) is 19.2.